The van der Waals surface area contributed by atoms with Crippen LogP contribution in [0.2, 0.25) is 0 Å². The van der Waals surface area contributed by atoms with Gasteiger partial charge < -0.3 is 16.2 Å². The van der Waals surface area contributed by atoms with Gasteiger partial charge in [-0.3, -0.25) is 10.2 Å². The zero-order chi connectivity index (χ0) is 21.9. The molecule has 0 aromatic heterocycles. The van der Waals surface area contributed by atoms with Gasteiger partial charge in [-0.25, -0.2) is 0 Å². The molecule has 30 heavy (non-hydrogen) atoms. The first-order valence-corrected chi connectivity index (χ1v) is 9.79. The lowest BCUT2D eigenvalue weighted by Crippen LogP contribution is -2.21. The predicted octanol–water partition coefficient (Wildman–Crippen LogP) is 4.61. The van der Waals surface area contributed by atoms with E-state index in [1.165, 1.54) is 5.56 Å². The molecule has 0 bridgehead atoms. The molecular formula is C25H27N3O2. The van der Waals surface area contributed by atoms with Crippen molar-refractivity contribution in [3.63, 3.8) is 0 Å². The third kappa shape index (κ3) is 4.93. The van der Waals surface area contributed by atoms with Gasteiger partial charge in [0.2, 0.25) is 0 Å². The number of amidine groups is 1. The molecule has 0 aliphatic heterocycles. The Morgan fingerprint density at radius 3 is 2.17 bits per heavy atom. The molecule has 0 aliphatic carbocycles. The normalized spacial score (nSPS) is 12.3. The van der Waals surface area contributed by atoms with Crippen LogP contribution in [-0.2, 0) is 10.2 Å². The van der Waals surface area contributed by atoms with E-state index < -0.39 is 12.0 Å². The molecule has 3 rings (SSSR count). The first-order chi connectivity index (χ1) is 14.1. The molecule has 5 nitrogen and oxygen atoms in total. The van der Waals surface area contributed by atoms with Gasteiger partial charge in [0.25, 0.3) is 5.91 Å². The Kier molecular flexibility index (Phi) is 6.04. The topological polar surface area (TPSA) is 99.2 Å². The Labute approximate surface area is 177 Å². The summed E-state index contributed by atoms with van der Waals surface area (Å²) in [5.74, 6) is -0.564. The molecule has 154 valence electrons. The van der Waals surface area contributed by atoms with Gasteiger partial charge in [-0.05, 0) is 58.0 Å². The summed E-state index contributed by atoms with van der Waals surface area (Å²) >= 11 is 0. The smallest absolute Gasteiger partial charge is 0.257 e. The first kappa shape index (κ1) is 21.3. The van der Waals surface area contributed by atoms with Crippen molar-refractivity contribution < 1.29 is 9.90 Å². The van der Waals surface area contributed by atoms with E-state index in [1.54, 1.807) is 30.3 Å². The predicted molar refractivity (Wildman–Crippen MR) is 122 cm³/mol. The number of aliphatic hydroxyl groups is 1. The van der Waals surface area contributed by atoms with Crippen LogP contribution in [0, 0.1) is 5.41 Å². The largest absolute Gasteiger partial charge is 0.384 e. The zero-order valence-electron chi connectivity index (χ0n) is 17.4. The highest BCUT2D eigenvalue weighted by Crippen LogP contribution is 2.28. The van der Waals surface area contributed by atoms with Gasteiger partial charge in [-0.2, -0.15) is 0 Å². The summed E-state index contributed by atoms with van der Waals surface area (Å²) in [6, 6.07) is 22.3. The van der Waals surface area contributed by atoms with Crippen molar-refractivity contribution in [1.29, 1.82) is 5.41 Å². The molecule has 1 atom stereocenters. The Hall–Kier alpha value is -3.44. The summed E-state index contributed by atoms with van der Waals surface area (Å²) in [5, 5.41) is 20.7. The van der Waals surface area contributed by atoms with Gasteiger partial charge in [0, 0.05) is 11.3 Å². The van der Waals surface area contributed by atoms with E-state index in [4.69, 9.17) is 11.1 Å². The van der Waals surface area contributed by atoms with E-state index in [9.17, 15) is 9.90 Å². The number of nitrogens with one attached hydrogen (secondary N) is 2. The highest BCUT2D eigenvalue weighted by Gasteiger charge is 2.18. The van der Waals surface area contributed by atoms with Crippen LogP contribution in [0.25, 0.3) is 11.1 Å². The molecular weight excluding hydrogens is 374 g/mol. The summed E-state index contributed by atoms with van der Waals surface area (Å²) in [6.45, 7) is 6.52. The number of carbonyl (C=O) groups is 1. The molecule has 3 aromatic carbocycles. The van der Waals surface area contributed by atoms with Crippen molar-refractivity contribution in [3.05, 3.63) is 89.5 Å². The van der Waals surface area contributed by atoms with Crippen LogP contribution in [0.5, 0.6) is 0 Å². The maximum absolute atomic E-state index is 12.5. The Morgan fingerprint density at radius 1 is 0.967 bits per heavy atom. The van der Waals surface area contributed by atoms with Gasteiger partial charge in [-0.1, -0.05) is 63.2 Å². The van der Waals surface area contributed by atoms with Gasteiger partial charge in [0.15, 0.2) is 6.10 Å². The molecule has 0 heterocycles. The second kappa shape index (κ2) is 8.51. The van der Waals surface area contributed by atoms with Crippen LogP contribution in [-0.4, -0.2) is 16.8 Å². The second-order valence-corrected chi connectivity index (χ2v) is 8.34. The van der Waals surface area contributed by atoms with Crippen LogP contribution < -0.4 is 11.1 Å². The summed E-state index contributed by atoms with van der Waals surface area (Å²) in [7, 11) is 0. The summed E-state index contributed by atoms with van der Waals surface area (Å²) in [5.41, 5.74) is 10.3. The fourth-order valence-electron chi connectivity index (χ4n) is 3.15. The summed E-state index contributed by atoms with van der Waals surface area (Å²) in [6.07, 6.45) is -1.30. The van der Waals surface area contributed by atoms with Crippen LogP contribution in [0.4, 0.5) is 5.69 Å². The number of anilines is 1. The van der Waals surface area contributed by atoms with Crippen molar-refractivity contribution in [2.75, 3.05) is 5.32 Å². The average molecular weight is 402 g/mol. The molecule has 0 fully saturated rings. The lowest BCUT2D eigenvalue weighted by atomic mass is 9.86. The number of nitrogen functional groups attached to an aromatic ring is 1. The van der Waals surface area contributed by atoms with Crippen molar-refractivity contribution in [2.45, 2.75) is 32.3 Å². The Balaban J connectivity index is 1.76. The molecule has 1 amide bonds. The zero-order valence-corrected chi connectivity index (χ0v) is 17.4. The van der Waals surface area contributed by atoms with Gasteiger partial charge >= 0.3 is 0 Å². The molecule has 1 unspecified atom stereocenters. The van der Waals surface area contributed by atoms with E-state index in [1.807, 2.05) is 18.2 Å². The highest BCUT2D eigenvalue weighted by molar-refractivity contribution is 5.97. The lowest BCUT2D eigenvalue weighted by molar-refractivity contribution is -0.124. The number of aliphatic hydroxyl groups excluding tert-OH is 1. The number of benzene rings is 3. The molecule has 0 saturated carbocycles. The van der Waals surface area contributed by atoms with Crippen molar-refractivity contribution in [2.24, 2.45) is 5.73 Å². The minimum Gasteiger partial charge on any atom is -0.384 e. The summed E-state index contributed by atoms with van der Waals surface area (Å²) in [4.78, 5) is 12.5. The first-order valence-electron chi connectivity index (χ1n) is 9.79. The number of amides is 1. The van der Waals surface area contributed by atoms with Crippen molar-refractivity contribution in [3.8, 4) is 11.1 Å². The van der Waals surface area contributed by atoms with Gasteiger partial charge in [-0.15, -0.1) is 0 Å². The number of carbonyl (C=O) groups excluding carboxylic acids is 1. The van der Waals surface area contributed by atoms with Crippen molar-refractivity contribution in [1.82, 2.24) is 0 Å². The van der Waals surface area contributed by atoms with E-state index >= 15 is 0 Å². The monoisotopic (exact) mass is 401 g/mol. The molecule has 0 spiro atoms. The summed E-state index contributed by atoms with van der Waals surface area (Å²) < 4.78 is 0. The maximum Gasteiger partial charge on any atom is 0.257 e. The maximum atomic E-state index is 12.5. The fraction of sp³-hybridized carbons (Fsp3) is 0.200. The third-order valence-corrected chi connectivity index (χ3v) is 5.00. The van der Waals surface area contributed by atoms with Crippen molar-refractivity contribution >= 4 is 17.4 Å². The number of rotatable bonds is 5. The minimum atomic E-state index is -1.30. The quantitative estimate of drug-likeness (QED) is 0.371. The fourth-order valence-corrected chi connectivity index (χ4v) is 3.15. The lowest BCUT2D eigenvalue weighted by Gasteiger charge is -2.19. The average Bonchev–Trinajstić information content (AvgIpc) is 2.73. The Bertz CT molecular complexity index is 1050. The molecule has 0 saturated heterocycles. The van der Waals surface area contributed by atoms with E-state index in [2.05, 4.69) is 50.4 Å². The molecule has 0 aliphatic rings. The van der Waals surface area contributed by atoms with Gasteiger partial charge in [0.05, 0.1) is 0 Å². The standard InChI is InChI=1S/C25H27N3O2/c1-25(2,3)20-11-7-16(8-12-20)18-5-4-6-19(15-18)22(29)24(30)28-21-13-9-17(10-14-21)23(26)27/h4-15,22,29H,1-3H3,(H3,26,27)(H,28,30). The minimum absolute atomic E-state index is 0.0414. The molecule has 3 aromatic rings. The third-order valence-electron chi connectivity index (χ3n) is 5.00. The van der Waals surface area contributed by atoms with Crippen LogP contribution in [0.1, 0.15) is 43.6 Å². The molecule has 5 N–H and O–H groups in total. The van der Waals surface area contributed by atoms with E-state index in [-0.39, 0.29) is 11.3 Å². The van der Waals surface area contributed by atoms with E-state index in [0.29, 0.717) is 16.8 Å². The van der Waals surface area contributed by atoms with E-state index in [0.717, 1.165) is 11.1 Å². The Morgan fingerprint density at radius 2 is 1.60 bits per heavy atom. The second-order valence-electron chi connectivity index (χ2n) is 8.34. The molecule has 0 radical (unpaired) electrons. The number of hydrogen-bond donors (Lipinski definition) is 4. The van der Waals surface area contributed by atoms with Crippen LogP contribution in [0.15, 0.2) is 72.8 Å². The van der Waals surface area contributed by atoms with Crippen LogP contribution in [0.3, 0.4) is 0 Å². The van der Waals surface area contributed by atoms with Gasteiger partial charge in [0.1, 0.15) is 5.84 Å². The highest BCUT2D eigenvalue weighted by atomic mass is 16.3. The number of hydrogen-bond acceptors (Lipinski definition) is 3. The SMILES string of the molecule is CC(C)(C)c1ccc(-c2cccc(C(O)C(=O)Nc3ccc(C(=N)N)cc3)c2)cc1. The van der Waals surface area contributed by atoms with Crippen LogP contribution >= 0.6 is 0 Å². The molecule has 5 heteroatoms. The number of nitrogens with two attached hydrogens (primary N) is 1.